The summed E-state index contributed by atoms with van der Waals surface area (Å²) in [4.78, 5) is 23.1. The van der Waals surface area contributed by atoms with Gasteiger partial charge in [-0.05, 0) is 24.6 Å². The number of methoxy groups -OCH3 is 1. The van der Waals surface area contributed by atoms with E-state index in [1.807, 2.05) is 24.3 Å². The van der Waals surface area contributed by atoms with E-state index >= 15 is 0 Å². The second-order valence-electron chi connectivity index (χ2n) is 4.59. The third-order valence-electron chi connectivity index (χ3n) is 2.90. The summed E-state index contributed by atoms with van der Waals surface area (Å²) in [5.74, 6) is 0.379. The predicted octanol–water partition coefficient (Wildman–Crippen LogP) is 1.65. The lowest BCUT2D eigenvalue weighted by atomic mass is 9.92. The molecule has 0 saturated heterocycles. The molecule has 7 heteroatoms. The van der Waals surface area contributed by atoms with Crippen LogP contribution in [0, 0.1) is 0 Å². The van der Waals surface area contributed by atoms with E-state index in [1.165, 1.54) is 18.9 Å². The van der Waals surface area contributed by atoms with Crippen molar-refractivity contribution < 1.29 is 14.3 Å². The van der Waals surface area contributed by atoms with E-state index in [1.54, 1.807) is 6.92 Å². The van der Waals surface area contributed by atoms with E-state index in [4.69, 9.17) is 5.73 Å². The first-order valence-electron chi connectivity index (χ1n) is 6.35. The third kappa shape index (κ3) is 5.68. The fourth-order valence-electron chi connectivity index (χ4n) is 1.56. The Kier molecular flexibility index (Phi) is 7.21. The van der Waals surface area contributed by atoms with Gasteiger partial charge in [-0.1, -0.05) is 28.1 Å². The number of hydrogen-bond donors (Lipinski definition) is 2. The largest absolute Gasteiger partial charge is 0.468 e. The number of nitrogens with one attached hydrogen (secondary N) is 1. The molecule has 0 fully saturated rings. The summed E-state index contributed by atoms with van der Waals surface area (Å²) in [6.07, 6.45) is 0. The molecule has 1 aromatic rings. The number of ether oxygens (including phenoxy) is 1. The van der Waals surface area contributed by atoms with E-state index in [2.05, 4.69) is 26.0 Å². The highest BCUT2D eigenvalue weighted by Gasteiger charge is 2.29. The summed E-state index contributed by atoms with van der Waals surface area (Å²) >= 11 is 4.74. The zero-order valence-electron chi connectivity index (χ0n) is 12.0. The van der Waals surface area contributed by atoms with Crippen molar-refractivity contribution in [1.82, 2.24) is 5.32 Å². The van der Waals surface area contributed by atoms with Crippen LogP contribution in [0.2, 0.25) is 0 Å². The maximum Gasteiger partial charge on any atom is 0.315 e. The van der Waals surface area contributed by atoms with Gasteiger partial charge in [-0.2, -0.15) is 0 Å². The molecule has 1 unspecified atom stereocenters. The van der Waals surface area contributed by atoms with Gasteiger partial charge in [0.1, 0.15) is 5.54 Å². The van der Waals surface area contributed by atoms with Crippen LogP contribution in [0.1, 0.15) is 12.5 Å². The van der Waals surface area contributed by atoms with E-state index < -0.39 is 5.54 Å². The molecule has 0 bridgehead atoms. The molecule has 1 rings (SSSR count). The molecule has 21 heavy (non-hydrogen) atoms. The summed E-state index contributed by atoms with van der Waals surface area (Å²) in [5.41, 5.74) is 5.76. The molecular formula is C14H19BrN2O3S. The number of amides is 1. The van der Waals surface area contributed by atoms with Crippen LogP contribution in [0.25, 0.3) is 0 Å². The first kappa shape index (κ1) is 18.0. The van der Waals surface area contributed by atoms with Gasteiger partial charge in [0.25, 0.3) is 0 Å². The molecule has 0 spiro atoms. The first-order chi connectivity index (χ1) is 9.87. The minimum absolute atomic E-state index is 0.247. The second-order valence-corrected chi connectivity index (χ2v) is 6.61. The molecule has 0 aromatic heterocycles. The Balaban J connectivity index is 2.43. The summed E-state index contributed by atoms with van der Waals surface area (Å²) < 4.78 is 5.46. The van der Waals surface area contributed by atoms with Gasteiger partial charge >= 0.3 is 5.97 Å². The Morgan fingerprint density at radius 3 is 2.57 bits per heavy atom. The van der Waals surface area contributed by atoms with Crippen LogP contribution in [0.4, 0.5) is 0 Å². The van der Waals surface area contributed by atoms with Crippen molar-refractivity contribution in [2.75, 3.05) is 25.2 Å². The average molecular weight is 375 g/mol. The Morgan fingerprint density at radius 2 is 2.00 bits per heavy atom. The lowest BCUT2D eigenvalue weighted by Gasteiger charge is -2.24. The molecule has 1 atom stereocenters. The van der Waals surface area contributed by atoms with Gasteiger partial charge in [0, 0.05) is 16.8 Å². The van der Waals surface area contributed by atoms with Crippen LogP contribution < -0.4 is 11.1 Å². The molecule has 1 aromatic carbocycles. The molecule has 0 aliphatic carbocycles. The predicted molar refractivity (Wildman–Crippen MR) is 88.0 cm³/mol. The number of esters is 1. The van der Waals surface area contributed by atoms with Gasteiger partial charge in [0.2, 0.25) is 5.91 Å². The highest BCUT2D eigenvalue weighted by Crippen LogP contribution is 2.20. The number of benzene rings is 1. The lowest BCUT2D eigenvalue weighted by Crippen LogP contribution is -2.49. The van der Waals surface area contributed by atoms with Crippen molar-refractivity contribution >= 4 is 39.6 Å². The molecule has 0 heterocycles. The monoisotopic (exact) mass is 374 g/mol. The Morgan fingerprint density at radius 1 is 1.38 bits per heavy atom. The molecular weight excluding hydrogens is 356 g/mol. The smallest absolute Gasteiger partial charge is 0.315 e. The van der Waals surface area contributed by atoms with Gasteiger partial charge in [-0.15, -0.1) is 11.8 Å². The van der Waals surface area contributed by atoms with Crippen molar-refractivity contribution in [3.8, 4) is 0 Å². The average Bonchev–Trinajstić information content (AvgIpc) is 2.46. The number of nitrogens with two attached hydrogens (primary N) is 1. The Labute approximate surface area is 137 Å². The third-order valence-corrected chi connectivity index (χ3v) is 4.36. The second kappa shape index (κ2) is 8.41. The van der Waals surface area contributed by atoms with Gasteiger partial charge in [-0.3, -0.25) is 9.59 Å². The number of halogens is 1. The molecule has 0 aliphatic rings. The van der Waals surface area contributed by atoms with Crippen molar-refractivity contribution in [2.24, 2.45) is 5.73 Å². The molecule has 0 aliphatic heterocycles. The van der Waals surface area contributed by atoms with Crippen LogP contribution in [-0.4, -0.2) is 37.0 Å². The highest BCUT2D eigenvalue weighted by molar-refractivity contribution is 9.10. The van der Waals surface area contributed by atoms with Gasteiger partial charge in [-0.25, -0.2) is 0 Å². The quantitative estimate of drug-likeness (QED) is 0.560. The summed E-state index contributed by atoms with van der Waals surface area (Å²) in [6.45, 7) is 2.12. The van der Waals surface area contributed by atoms with Crippen molar-refractivity contribution in [1.29, 1.82) is 0 Å². The number of hydrogen-bond acceptors (Lipinski definition) is 5. The topological polar surface area (TPSA) is 81.4 Å². The van der Waals surface area contributed by atoms with Crippen LogP contribution in [-0.2, 0) is 19.9 Å². The fourth-order valence-corrected chi connectivity index (χ4v) is 2.50. The molecule has 0 saturated carbocycles. The number of thioether (sulfide) groups is 1. The Hall–Kier alpha value is -1.05. The van der Waals surface area contributed by atoms with Crippen molar-refractivity contribution in [2.45, 2.75) is 12.5 Å². The van der Waals surface area contributed by atoms with Gasteiger partial charge in [0.05, 0.1) is 12.9 Å². The standard InChI is InChI=1S/C14H19BrN2O3S/c1-14(16,10-3-5-11(15)6-4-10)13(19)17-7-8-21-9-12(18)20-2/h3-6H,7-9,16H2,1-2H3,(H,17,19). The van der Waals surface area contributed by atoms with E-state index in [-0.39, 0.29) is 17.6 Å². The lowest BCUT2D eigenvalue weighted by molar-refractivity contribution is -0.137. The number of carbonyl (C=O) groups excluding carboxylic acids is 2. The van der Waals surface area contributed by atoms with Crippen LogP contribution in [0.5, 0.6) is 0 Å². The molecule has 1 amide bonds. The summed E-state index contributed by atoms with van der Waals surface area (Å²) in [5, 5.41) is 2.78. The maximum atomic E-state index is 12.2. The van der Waals surface area contributed by atoms with Crippen LogP contribution >= 0.6 is 27.7 Å². The van der Waals surface area contributed by atoms with E-state index in [0.29, 0.717) is 12.3 Å². The van der Waals surface area contributed by atoms with Crippen LogP contribution in [0.15, 0.2) is 28.7 Å². The van der Waals surface area contributed by atoms with Gasteiger partial charge in [0.15, 0.2) is 0 Å². The normalized spacial score (nSPS) is 13.3. The molecule has 0 radical (unpaired) electrons. The molecule has 3 N–H and O–H groups in total. The molecule has 5 nitrogen and oxygen atoms in total. The number of carbonyl (C=O) groups is 2. The maximum absolute atomic E-state index is 12.2. The number of rotatable bonds is 7. The van der Waals surface area contributed by atoms with Crippen LogP contribution in [0.3, 0.4) is 0 Å². The summed E-state index contributed by atoms with van der Waals surface area (Å²) in [7, 11) is 1.35. The van der Waals surface area contributed by atoms with E-state index in [9.17, 15) is 9.59 Å². The summed E-state index contributed by atoms with van der Waals surface area (Å²) in [6, 6.07) is 7.32. The Bertz CT molecular complexity index is 491. The van der Waals surface area contributed by atoms with Gasteiger partial charge < -0.3 is 15.8 Å². The fraction of sp³-hybridized carbons (Fsp3) is 0.429. The zero-order valence-corrected chi connectivity index (χ0v) is 14.4. The SMILES string of the molecule is COC(=O)CSCCNC(=O)C(C)(N)c1ccc(Br)cc1. The minimum atomic E-state index is -1.09. The highest BCUT2D eigenvalue weighted by atomic mass is 79.9. The molecule has 116 valence electrons. The zero-order chi connectivity index (χ0) is 15.9. The first-order valence-corrected chi connectivity index (χ1v) is 8.30. The minimum Gasteiger partial charge on any atom is -0.468 e. The van der Waals surface area contributed by atoms with Crippen molar-refractivity contribution in [3.05, 3.63) is 34.3 Å². The van der Waals surface area contributed by atoms with Crippen molar-refractivity contribution in [3.63, 3.8) is 0 Å². The van der Waals surface area contributed by atoms with E-state index in [0.717, 1.165) is 10.0 Å².